The number of carbonyl (C=O) groups excluding carboxylic acids is 1. The summed E-state index contributed by atoms with van der Waals surface area (Å²) in [6, 6.07) is 17.9. The molecule has 0 saturated heterocycles. The van der Waals surface area contributed by atoms with E-state index in [0.29, 0.717) is 19.8 Å². The molecule has 1 atom stereocenters. The van der Waals surface area contributed by atoms with Gasteiger partial charge in [0.15, 0.2) is 0 Å². The van der Waals surface area contributed by atoms with Gasteiger partial charge in [0.25, 0.3) is 5.91 Å². The van der Waals surface area contributed by atoms with Crippen LogP contribution in [0.4, 0.5) is 0 Å². The van der Waals surface area contributed by atoms with Crippen molar-refractivity contribution in [1.29, 1.82) is 0 Å². The normalized spacial score (nSPS) is 18.4. The fourth-order valence-electron chi connectivity index (χ4n) is 4.78. The first kappa shape index (κ1) is 17.5. The van der Waals surface area contributed by atoms with Gasteiger partial charge in [0.2, 0.25) is 0 Å². The summed E-state index contributed by atoms with van der Waals surface area (Å²) in [4.78, 5) is 15.3. The van der Waals surface area contributed by atoms with Gasteiger partial charge in [-0.2, -0.15) is 0 Å². The van der Waals surface area contributed by atoms with E-state index >= 15 is 0 Å². The number of carbonyl (C=O) groups is 1. The van der Waals surface area contributed by atoms with Crippen LogP contribution in [0.5, 0.6) is 17.2 Å². The second-order valence-corrected chi connectivity index (χ2v) is 8.04. The summed E-state index contributed by atoms with van der Waals surface area (Å²) in [5.74, 6) is 2.52. The summed E-state index contributed by atoms with van der Waals surface area (Å²) in [6.45, 7) is 1.81. The van der Waals surface area contributed by atoms with Gasteiger partial charge in [0.1, 0.15) is 17.2 Å². The molecular formula is C25H21NO4. The Hall–Kier alpha value is -3.31. The van der Waals surface area contributed by atoms with Crippen molar-refractivity contribution in [3.63, 3.8) is 0 Å². The molecule has 0 aromatic heterocycles. The minimum Gasteiger partial charge on any atom is -0.497 e. The third-order valence-corrected chi connectivity index (χ3v) is 6.31. The van der Waals surface area contributed by atoms with E-state index in [2.05, 4.69) is 12.1 Å². The van der Waals surface area contributed by atoms with Crippen molar-refractivity contribution in [2.24, 2.45) is 0 Å². The lowest BCUT2D eigenvalue weighted by Crippen LogP contribution is -2.28. The molecule has 0 fully saturated rings. The zero-order valence-corrected chi connectivity index (χ0v) is 16.7. The lowest BCUT2D eigenvalue weighted by atomic mass is 9.96. The lowest BCUT2D eigenvalue weighted by molar-refractivity contribution is 0.0709. The number of hydrogen-bond acceptors (Lipinski definition) is 4. The molecule has 5 nitrogen and oxygen atoms in total. The molecule has 1 unspecified atom stereocenters. The summed E-state index contributed by atoms with van der Waals surface area (Å²) < 4.78 is 17.2. The topological polar surface area (TPSA) is 48.0 Å². The van der Waals surface area contributed by atoms with Crippen LogP contribution in [0.2, 0.25) is 0 Å². The van der Waals surface area contributed by atoms with Crippen molar-refractivity contribution >= 4 is 5.91 Å². The summed E-state index contributed by atoms with van der Waals surface area (Å²) in [5.41, 5.74) is 6.35. The maximum absolute atomic E-state index is 13.3. The van der Waals surface area contributed by atoms with Crippen LogP contribution in [0.1, 0.15) is 44.2 Å². The van der Waals surface area contributed by atoms with E-state index in [9.17, 15) is 4.79 Å². The van der Waals surface area contributed by atoms with E-state index in [1.165, 1.54) is 11.1 Å². The first-order chi connectivity index (χ1) is 14.7. The van der Waals surface area contributed by atoms with Gasteiger partial charge in [-0.05, 0) is 58.7 Å². The number of fused-ring (bicyclic) bond motifs is 2. The van der Waals surface area contributed by atoms with Crippen molar-refractivity contribution < 1.29 is 19.0 Å². The highest BCUT2D eigenvalue weighted by molar-refractivity contribution is 6.00. The summed E-state index contributed by atoms with van der Waals surface area (Å²) in [5, 5.41) is 0. The van der Waals surface area contributed by atoms with Gasteiger partial charge in [-0.15, -0.1) is 0 Å². The Kier molecular flexibility index (Phi) is 3.86. The molecule has 3 aromatic carbocycles. The fourth-order valence-corrected chi connectivity index (χ4v) is 4.78. The van der Waals surface area contributed by atoms with Crippen molar-refractivity contribution in [2.45, 2.75) is 32.2 Å². The third-order valence-electron chi connectivity index (χ3n) is 6.31. The zero-order chi connectivity index (χ0) is 20.2. The van der Waals surface area contributed by atoms with Crippen LogP contribution >= 0.6 is 0 Å². The highest BCUT2D eigenvalue weighted by atomic mass is 16.5. The predicted octanol–water partition coefficient (Wildman–Crippen LogP) is 4.77. The van der Waals surface area contributed by atoms with Crippen LogP contribution in [0, 0.1) is 0 Å². The second kappa shape index (κ2) is 6.61. The molecule has 150 valence electrons. The second-order valence-electron chi connectivity index (χ2n) is 8.04. The van der Waals surface area contributed by atoms with Crippen molar-refractivity contribution in [3.05, 3.63) is 88.0 Å². The third kappa shape index (κ3) is 2.62. The van der Waals surface area contributed by atoms with Gasteiger partial charge in [-0.25, -0.2) is 0 Å². The SMILES string of the molecule is COc1ccc(CN2C(=O)c3cccc4c3C2Cc2cc3c(cc2O4)COC3)cc1. The first-order valence-corrected chi connectivity index (χ1v) is 10.2. The lowest BCUT2D eigenvalue weighted by Gasteiger charge is -2.25. The van der Waals surface area contributed by atoms with E-state index in [-0.39, 0.29) is 11.9 Å². The van der Waals surface area contributed by atoms with Crippen LogP contribution in [0.3, 0.4) is 0 Å². The van der Waals surface area contributed by atoms with E-state index < -0.39 is 0 Å². The summed E-state index contributed by atoms with van der Waals surface area (Å²) >= 11 is 0. The molecule has 0 N–H and O–H groups in total. The Labute approximate surface area is 174 Å². The Balaban J connectivity index is 1.42. The summed E-state index contributed by atoms with van der Waals surface area (Å²) in [6.07, 6.45) is 0.731. The van der Waals surface area contributed by atoms with E-state index in [4.69, 9.17) is 14.2 Å². The smallest absolute Gasteiger partial charge is 0.255 e. The van der Waals surface area contributed by atoms with E-state index in [0.717, 1.165) is 45.9 Å². The molecule has 0 radical (unpaired) electrons. The molecule has 0 spiro atoms. The molecule has 0 aliphatic carbocycles. The first-order valence-electron chi connectivity index (χ1n) is 10.2. The number of amides is 1. The van der Waals surface area contributed by atoms with Crippen LogP contribution in [0.25, 0.3) is 0 Å². The minimum atomic E-state index is -0.0487. The highest BCUT2D eigenvalue weighted by Crippen LogP contribution is 2.48. The van der Waals surface area contributed by atoms with Gasteiger partial charge < -0.3 is 19.1 Å². The van der Waals surface area contributed by atoms with Gasteiger partial charge >= 0.3 is 0 Å². The summed E-state index contributed by atoms with van der Waals surface area (Å²) in [7, 11) is 1.65. The molecule has 5 heteroatoms. The molecule has 3 aliphatic rings. The Bertz CT molecular complexity index is 1170. The van der Waals surface area contributed by atoms with Crippen molar-refractivity contribution in [1.82, 2.24) is 4.90 Å². The quantitative estimate of drug-likeness (QED) is 0.637. The van der Waals surface area contributed by atoms with Gasteiger partial charge in [-0.3, -0.25) is 4.79 Å². The van der Waals surface area contributed by atoms with Crippen LogP contribution in [-0.4, -0.2) is 17.9 Å². The number of hydrogen-bond donors (Lipinski definition) is 0. The maximum atomic E-state index is 13.3. The molecule has 3 aromatic rings. The van der Waals surface area contributed by atoms with Crippen LogP contribution in [0.15, 0.2) is 54.6 Å². The zero-order valence-electron chi connectivity index (χ0n) is 16.7. The number of nitrogens with zero attached hydrogens (tertiary/aromatic N) is 1. The molecule has 3 heterocycles. The molecule has 0 bridgehead atoms. The molecule has 3 aliphatic heterocycles. The molecule has 6 rings (SSSR count). The average molecular weight is 399 g/mol. The standard InChI is InChI=1S/C25H21NO4/c1-28-19-7-5-15(6-8-19)12-26-21-10-16-9-17-13-29-14-18(17)11-23(16)30-22-4-2-3-20(24(21)22)25(26)27/h2-9,11,21H,10,12-14H2,1H3. The van der Waals surface area contributed by atoms with E-state index in [1.54, 1.807) is 7.11 Å². The minimum absolute atomic E-state index is 0.0487. The number of ether oxygens (including phenoxy) is 3. The number of benzene rings is 3. The van der Waals surface area contributed by atoms with E-state index in [1.807, 2.05) is 47.4 Å². The Morgan fingerprint density at radius 2 is 1.80 bits per heavy atom. The largest absolute Gasteiger partial charge is 0.497 e. The molecule has 0 saturated carbocycles. The average Bonchev–Trinajstić information content (AvgIpc) is 3.27. The van der Waals surface area contributed by atoms with Crippen molar-refractivity contribution in [2.75, 3.05) is 7.11 Å². The molecular weight excluding hydrogens is 378 g/mol. The van der Waals surface area contributed by atoms with Crippen molar-refractivity contribution in [3.8, 4) is 17.2 Å². The van der Waals surface area contributed by atoms with Gasteiger partial charge in [-0.1, -0.05) is 18.2 Å². The molecule has 30 heavy (non-hydrogen) atoms. The van der Waals surface area contributed by atoms with Crippen LogP contribution < -0.4 is 9.47 Å². The molecule has 1 amide bonds. The fraction of sp³-hybridized carbons (Fsp3) is 0.240. The van der Waals surface area contributed by atoms with Gasteiger partial charge in [0.05, 0.1) is 26.4 Å². The Morgan fingerprint density at radius 3 is 2.60 bits per heavy atom. The monoisotopic (exact) mass is 399 g/mol. The maximum Gasteiger partial charge on any atom is 0.255 e. The van der Waals surface area contributed by atoms with Crippen LogP contribution in [-0.2, 0) is 30.9 Å². The van der Waals surface area contributed by atoms with Gasteiger partial charge in [0, 0.05) is 24.1 Å². The highest BCUT2D eigenvalue weighted by Gasteiger charge is 2.41. The predicted molar refractivity (Wildman–Crippen MR) is 111 cm³/mol. The Morgan fingerprint density at radius 1 is 1.00 bits per heavy atom. The number of methoxy groups -OCH3 is 1. The number of rotatable bonds is 3.